The van der Waals surface area contributed by atoms with Crippen LogP contribution in [-0.4, -0.2) is 21.1 Å². The molecule has 0 fully saturated rings. The summed E-state index contributed by atoms with van der Waals surface area (Å²) < 4.78 is 2.31. The van der Waals surface area contributed by atoms with Gasteiger partial charge in [-0.3, -0.25) is 4.90 Å². The molecular formula is C21H21ClN2O. The Morgan fingerprint density at radius 3 is 2.64 bits per heavy atom. The lowest BCUT2D eigenvalue weighted by Gasteiger charge is -2.37. The topological polar surface area (TPSA) is 28.4 Å². The molecule has 25 heavy (non-hydrogen) atoms. The first-order valence-corrected chi connectivity index (χ1v) is 8.93. The van der Waals surface area contributed by atoms with E-state index in [1.807, 2.05) is 19.1 Å². The Morgan fingerprint density at radius 1 is 1.08 bits per heavy atom. The highest BCUT2D eigenvalue weighted by molar-refractivity contribution is 6.31. The maximum absolute atomic E-state index is 10.4. The number of hydrogen-bond acceptors (Lipinski definition) is 2. The van der Waals surface area contributed by atoms with E-state index in [2.05, 4.69) is 52.1 Å². The minimum atomic E-state index is 0.154. The minimum Gasteiger partial charge on any atom is -0.508 e. The first-order valence-electron chi connectivity index (χ1n) is 8.55. The molecule has 3 aromatic rings. The Bertz CT molecular complexity index is 865. The Balaban J connectivity index is 1.74. The number of phenolic OH excluding ortho intramolecular Hbond substituents is 1. The third-order valence-electron chi connectivity index (χ3n) is 4.93. The molecule has 1 aliphatic rings. The number of nitrogens with zero attached hydrogens (tertiary/aromatic N) is 2. The molecule has 3 nitrogen and oxygen atoms in total. The molecule has 0 saturated heterocycles. The molecule has 2 aromatic carbocycles. The fourth-order valence-corrected chi connectivity index (χ4v) is 4.06. The van der Waals surface area contributed by atoms with Crippen LogP contribution >= 0.6 is 11.6 Å². The van der Waals surface area contributed by atoms with Gasteiger partial charge in [0.2, 0.25) is 0 Å². The van der Waals surface area contributed by atoms with E-state index in [0.717, 1.165) is 24.2 Å². The van der Waals surface area contributed by atoms with Crippen LogP contribution in [0.25, 0.3) is 0 Å². The van der Waals surface area contributed by atoms with Gasteiger partial charge in [-0.25, -0.2) is 0 Å². The molecular weight excluding hydrogens is 332 g/mol. The van der Waals surface area contributed by atoms with Gasteiger partial charge in [0, 0.05) is 42.1 Å². The second-order valence-corrected chi connectivity index (χ2v) is 7.06. The summed E-state index contributed by atoms with van der Waals surface area (Å²) in [5.74, 6) is 0.276. The van der Waals surface area contributed by atoms with Crippen molar-refractivity contribution in [1.29, 1.82) is 0 Å². The molecule has 1 aliphatic heterocycles. The van der Waals surface area contributed by atoms with E-state index in [1.54, 1.807) is 6.07 Å². The lowest BCUT2D eigenvalue weighted by Crippen LogP contribution is -2.38. The van der Waals surface area contributed by atoms with Crippen LogP contribution in [0.1, 0.15) is 28.4 Å². The number of fused-ring (bicyclic) bond motifs is 1. The summed E-state index contributed by atoms with van der Waals surface area (Å²) in [4.78, 5) is 2.39. The molecule has 1 unspecified atom stereocenters. The van der Waals surface area contributed by atoms with Gasteiger partial charge in [-0.05, 0) is 42.3 Å². The van der Waals surface area contributed by atoms with Crippen LogP contribution < -0.4 is 0 Å². The molecule has 1 N–H and O–H groups in total. The van der Waals surface area contributed by atoms with Gasteiger partial charge in [-0.1, -0.05) is 41.9 Å². The van der Waals surface area contributed by atoms with Crippen molar-refractivity contribution in [3.05, 3.63) is 88.2 Å². The smallest absolute Gasteiger partial charge is 0.121 e. The highest BCUT2D eigenvalue weighted by Crippen LogP contribution is 2.36. The Labute approximate surface area is 153 Å². The van der Waals surface area contributed by atoms with Gasteiger partial charge in [0.25, 0.3) is 0 Å². The molecule has 1 atom stereocenters. The fourth-order valence-electron chi connectivity index (χ4n) is 3.73. The van der Waals surface area contributed by atoms with E-state index in [4.69, 9.17) is 11.6 Å². The van der Waals surface area contributed by atoms with Crippen LogP contribution in [0.15, 0.2) is 60.8 Å². The van der Waals surface area contributed by atoms with Gasteiger partial charge in [-0.2, -0.15) is 0 Å². The van der Waals surface area contributed by atoms with Gasteiger partial charge in [0.15, 0.2) is 0 Å². The van der Waals surface area contributed by atoms with Crippen LogP contribution in [-0.2, 0) is 13.1 Å². The maximum Gasteiger partial charge on any atom is 0.121 e. The summed E-state index contributed by atoms with van der Waals surface area (Å²) in [7, 11) is 0. The summed E-state index contributed by atoms with van der Waals surface area (Å²) in [6.45, 7) is 4.41. The van der Waals surface area contributed by atoms with Crippen molar-refractivity contribution in [1.82, 2.24) is 9.47 Å². The lowest BCUT2D eigenvalue weighted by atomic mass is 9.99. The van der Waals surface area contributed by atoms with Crippen LogP contribution in [0.3, 0.4) is 0 Å². The Hall–Kier alpha value is -2.23. The van der Waals surface area contributed by atoms with Crippen LogP contribution in [0.2, 0.25) is 5.02 Å². The van der Waals surface area contributed by atoms with E-state index in [0.29, 0.717) is 11.6 Å². The number of benzene rings is 2. The number of phenols is 1. The van der Waals surface area contributed by atoms with Crippen molar-refractivity contribution >= 4 is 11.6 Å². The molecule has 4 rings (SSSR count). The zero-order valence-electron chi connectivity index (χ0n) is 14.2. The number of halogens is 1. The quantitative estimate of drug-likeness (QED) is 0.736. The molecule has 128 valence electrons. The zero-order chi connectivity index (χ0) is 17.4. The predicted octanol–water partition coefficient (Wildman–Crippen LogP) is 4.76. The molecule has 0 amide bonds. The number of aromatic nitrogens is 1. The third kappa shape index (κ3) is 3.06. The summed E-state index contributed by atoms with van der Waals surface area (Å²) >= 11 is 6.43. The van der Waals surface area contributed by atoms with Gasteiger partial charge in [0.1, 0.15) is 5.75 Å². The van der Waals surface area contributed by atoms with Gasteiger partial charge < -0.3 is 9.67 Å². The summed E-state index contributed by atoms with van der Waals surface area (Å²) in [6, 6.07) is 18.7. The van der Waals surface area contributed by atoms with Crippen molar-refractivity contribution in [2.45, 2.75) is 26.1 Å². The minimum absolute atomic E-state index is 0.154. The van der Waals surface area contributed by atoms with Crippen LogP contribution in [0, 0.1) is 6.92 Å². The lowest BCUT2D eigenvalue weighted by molar-refractivity contribution is 0.173. The van der Waals surface area contributed by atoms with Gasteiger partial charge >= 0.3 is 0 Å². The molecule has 0 aliphatic carbocycles. The maximum atomic E-state index is 10.4. The van der Waals surface area contributed by atoms with E-state index in [9.17, 15) is 5.11 Å². The third-order valence-corrected chi connectivity index (χ3v) is 5.27. The second kappa shape index (κ2) is 6.58. The van der Waals surface area contributed by atoms with Crippen LogP contribution in [0.5, 0.6) is 5.75 Å². The van der Waals surface area contributed by atoms with Crippen LogP contribution in [0.4, 0.5) is 0 Å². The monoisotopic (exact) mass is 352 g/mol. The summed E-state index contributed by atoms with van der Waals surface area (Å²) in [5.41, 5.74) is 4.30. The molecule has 4 heteroatoms. The average molecular weight is 353 g/mol. The van der Waals surface area contributed by atoms with E-state index >= 15 is 0 Å². The second-order valence-electron chi connectivity index (χ2n) is 6.65. The number of rotatable bonds is 3. The van der Waals surface area contributed by atoms with Crippen molar-refractivity contribution < 1.29 is 5.11 Å². The SMILES string of the molecule is Cc1cc(O)c(CN2CCn3cccc3C2c2ccccc2)c(Cl)c1. The highest BCUT2D eigenvalue weighted by atomic mass is 35.5. The Morgan fingerprint density at radius 2 is 1.88 bits per heavy atom. The van der Waals surface area contributed by atoms with Gasteiger partial charge in [0.05, 0.1) is 6.04 Å². The van der Waals surface area contributed by atoms with E-state index < -0.39 is 0 Å². The molecule has 0 saturated carbocycles. The highest BCUT2D eigenvalue weighted by Gasteiger charge is 2.29. The molecule has 2 heterocycles. The van der Waals surface area contributed by atoms with E-state index in [-0.39, 0.29) is 11.8 Å². The largest absolute Gasteiger partial charge is 0.508 e. The molecule has 0 spiro atoms. The number of aryl methyl sites for hydroxylation is 1. The number of hydrogen-bond donors (Lipinski definition) is 1. The first-order chi connectivity index (χ1) is 12.1. The average Bonchev–Trinajstić information content (AvgIpc) is 3.07. The van der Waals surface area contributed by atoms with Crippen molar-refractivity contribution in [2.24, 2.45) is 0 Å². The fraction of sp³-hybridized carbons (Fsp3) is 0.238. The normalized spacial score (nSPS) is 17.4. The van der Waals surface area contributed by atoms with Crippen molar-refractivity contribution in [2.75, 3.05) is 6.54 Å². The summed E-state index contributed by atoms with van der Waals surface area (Å²) in [5, 5.41) is 11.0. The standard InChI is InChI=1S/C21H21ClN2O/c1-15-12-18(22)17(20(25)13-15)14-24-11-10-23-9-5-8-19(23)21(24)16-6-3-2-4-7-16/h2-9,12-13,21,25H,10-11,14H2,1H3. The summed E-state index contributed by atoms with van der Waals surface area (Å²) in [6.07, 6.45) is 2.14. The molecule has 0 bridgehead atoms. The molecule has 0 radical (unpaired) electrons. The van der Waals surface area contributed by atoms with Crippen molar-refractivity contribution in [3.63, 3.8) is 0 Å². The van der Waals surface area contributed by atoms with Gasteiger partial charge in [-0.15, -0.1) is 0 Å². The van der Waals surface area contributed by atoms with E-state index in [1.165, 1.54) is 11.3 Å². The number of aromatic hydroxyl groups is 1. The zero-order valence-corrected chi connectivity index (χ0v) is 14.9. The Kier molecular flexibility index (Phi) is 4.28. The van der Waals surface area contributed by atoms with Crippen molar-refractivity contribution in [3.8, 4) is 5.75 Å². The predicted molar refractivity (Wildman–Crippen MR) is 101 cm³/mol. The molecule has 1 aromatic heterocycles. The first kappa shape index (κ1) is 16.2.